The Labute approximate surface area is 179 Å². The van der Waals surface area contributed by atoms with Crippen LogP contribution in [0.1, 0.15) is 49.4 Å². The number of halogens is 1. The molecule has 2 rings (SSSR count). The van der Waals surface area contributed by atoms with Gasteiger partial charge in [0, 0.05) is 13.1 Å². The summed E-state index contributed by atoms with van der Waals surface area (Å²) in [5.41, 5.74) is 3.92. The van der Waals surface area contributed by atoms with Crippen LogP contribution < -0.4 is 5.32 Å². The number of hydrogen-bond acceptors (Lipinski definition) is 2. The van der Waals surface area contributed by atoms with Gasteiger partial charge in [-0.2, -0.15) is 0 Å². The average Bonchev–Trinajstić information content (AvgIpc) is 2.66. The van der Waals surface area contributed by atoms with Crippen LogP contribution in [0.3, 0.4) is 0 Å². The molecule has 0 heterocycles. The molecule has 2 aromatic carbocycles. The van der Waals surface area contributed by atoms with Crippen LogP contribution >= 0.6 is 0 Å². The molecule has 0 bridgehead atoms. The molecule has 1 atom stereocenters. The maximum absolute atomic E-state index is 13.3. The highest BCUT2D eigenvalue weighted by atomic mass is 19.1. The van der Waals surface area contributed by atoms with E-state index in [-0.39, 0.29) is 30.6 Å². The van der Waals surface area contributed by atoms with Gasteiger partial charge in [-0.05, 0) is 49.4 Å². The van der Waals surface area contributed by atoms with E-state index in [0.717, 1.165) is 22.3 Å². The number of hydrogen-bond donors (Lipinski definition) is 1. The van der Waals surface area contributed by atoms with Gasteiger partial charge in [0.1, 0.15) is 11.9 Å². The fourth-order valence-electron chi connectivity index (χ4n) is 3.58. The molecule has 0 saturated heterocycles. The van der Waals surface area contributed by atoms with Crippen LogP contribution in [0, 0.1) is 25.6 Å². The molecule has 1 unspecified atom stereocenters. The lowest BCUT2D eigenvalue weighted by Crippen LogP contribution is -2.50. The second kappa shape index (κ2) is 10.9. The minimum absolute atomic E-state index is 0.115. The van der Waals surface area contributed by atoms with E-state index in [1.807, 2.05) is 46.8 Å². The van der Waals surface area contributed by atoms with Crippen molar-refractivity contribution in [2.24, 2.45) is 5.92 Å². The monoisotopic (exact) mass is 412 g/mol. The predicted molar refractivity (Wildman–Crippen MR) is 118 cm³/mol. The van der Waals surface area contributed by atoms with Crippen molar-refractivity contribution in [3.05, 3.63) is 70.5 Å². The van der Waals surface area contributed by atoms with E-state index in [1.165, 1.54) is 12.1 Å². The van der Waals surface area contributed by atoms with Crippen LogP contribution in [0.4, 0.5) is 4.39 Å². The third kappa shape index (κ3) is 6.97. The summed E-state index contributed by atoms with van der Waals surface area (Å²) in [5, 5.41) is 2.95. The molecule has 0 aliphatic carbocycles. The molecule has 2 amide bonds. The first-order valence-electron chi connectivity index (χ1n) is 10.6. The van der Waals surface area contributed by atoms with Crippen molar-refractivity contribution in [1.29, 1.82) is 0 Å². The highest BCUT2D eigenvalue weighted by Crippen LogP contribution is 2.17. The average molecular weight is 413 g/mol. The first kappa shape index (κ1) is 23.6. The highest BCUT2D eigenvalue weighted by Gasteiger charge is 2.28. The molecule has 0 spiro atoms. The van der Waals surface area contributed by atoms with Gasteiger partial charge in [0.25, 0.3) is 0 Å². The van der Waals surface area contributed by atoms with Gasteiger partial charge in [0.2, 0.25) is 11.8 Å². The first-order valence-corrected chi connectivity index (χ1v) is 10.6. The van der Waals surface area contributed by atoms with Gasteiger partial charge in [-0.15, -0.1) is 0 Å². The van der Waals surface area contributed by atoms with Crippen LogP contribution in [-0.4, -0.2) is 29.3 Å². The fourth-order valence-corrected chi connectivity index (χ4v) is 3.58. The van der Waals surface area contributed by atoms with Crippen LogP contribution in [0.2, 0.25) is 0 Å². The topological polar surface area (TPSA) is 49.4 Å². The SMILES string of the molecule is CCC(C(=O)NCC(C)C)N(Cc1ccc(F)cc1)C(=O)Cc1cc(C)cc(C)c1. The molecule has 0 aliphatic rings. The van der Waals surface area contributed by atoms with Crippen molar-refractivity contribution >= 4 is 11.8 Å². The quantitative estimate of drug-likeness (QED) is 0.656. The number of benzene rings is 2. The Morgan fingerprint density at radius 1 is 1.00 bits per heavy atom. The second-order valence-corrected chi connectivity index (χ2v) is 8.38. The van der Waals surface area contributed by atoms with Crippen molar-refractivity contribution in [2.45, 2.75) is 60.0 Å². The van der Waals surface area contributed by atoms with Gasteiger partial charge in [0.15, 0.2) is 0 Å². The maximum Gasteiger partial charge on any atom is 0.242 e. The smallest absolute Gasteiger partial charge is 0.242 e. The molecule has 4 nitrogen and oxygen atoms in total. The number of amides is 2. The van der Waals surface area contributed by atoms with Crippen LogP contribution in [0.5, 0.6) is 0 Å². The molecule has 2 aromatic rings. The highest BCUT2D eigenvalue weighted by molar-refractivity contribution is 5.88. The Bertz CT molecular complexity index is 842. The van der Waals surface area contributed by atoms with Crippen molar-refractivity contribution in [3.63, 3.8) is 0 Å². The summed E-state index contributed by atoms with van der Waals surface area (Å²) >= 11 is 0. The van der Waals surface area contributed by atoms with E-state index in [0.29, 0.717) is 18.9 Å². The fraction of sp³-hybridized carbons (Fsp3) is 0.440. The van der Waals surface area contributed by atoms with Gasteiger partial charge in [0.05, 0.1) is 6.42 Å². The summed E-state index contributed by atoms with van der Waals surface area (Å²) in [6.45, 7) is 10.8. The lowest BCUT2D eigenvalue weighted by Gasteiger charge is -2.31. The van der Waals surface area contributed by atoms with E-state index < -0.39 is 6.04 Å². The van der Waals surface area contributed by atoms with Gasteiger partial charge in [-0.3, -0.25) is 9.59 Å². The zero-order valence-electron chi connectivity index (χ0n) is 18.7. The van der Waals surface area contributed by atoms with E-state index >= 15 is 0 Å². The number of nitrogens with zero attached hydrogens (tertiary/aromatic N) is 1. The van der Waals surface area contributed by atoms with E-state index in [9.17, 15) is 14.0 Å². The molecule has 5 heteroatoms. The lowest BCUT2D eigenvalue weighted by molar-refractivity contribution is -0.141. The molecule has 162 valence electrons. The number of rotatable bonds is 9. The number of nitrogens with one attached hydrogen (secondary N) is 1. The Kier molecular flexibility index (Phi) is 8.58. The van der Waals surface area contributed by atoms with Gasteiger partial charge in [-0.25, -0.2) is 4.39 Å². The zero-order chi connectivity index (χ0) is 22.3. The summed E-state index contributed by atoms with van der Waals surface area (Å²) in [4.78, 5) is 27.8. The first-order chi connectivity index (χ1) is 14.2. The number of carbonyl (C=O) groups is 2. The summed E-state index contributed by atoms with van der Waals surface area (Å²) in [7, 11) is 0. The molecule has 0 saturated carbocycles. The predicted octanol–water partition coefficient (Wildman–Crippen LogP) is 4.56. The molecule has 0 aromatic heterocycles. The van der Waals surface area contributed by atoms with Crippen LogP contribution in [0.15, 0.2) is 42.5 Å². The second-order valence-electron chi connectivity index (χ2n) is 8.38. The molecule has 0 radical (unpaired) electrons. The van der Waals surface area contributed by atoms with Crippen molar-refractivity contribution in [3.8, 4) is 0 Å². The Balaban J connectivity index is 2.29. The lowest BCUT2D eigenvalue weighted by atomic mass is 10.0. The molecule has 30 heavy (non-hydrogen) atoms. The molecule has 0 aliphatic heterocycles. The number of carbonyl (C=O) groups excluding carboxylic acids is 2. The van der Waals surface area contributed by atoms with E-state index in [1.54, 1.807) is 17.0 Å². The van der Waals surface area contributed by atoms with Gasteiger partial charge >= 0.3 is 0 Å². The number of aryl methyl sites for hydroxylation is 2. The standard InChI is InChI=1S/C25H33FN2O2/c1-6-23(25(30)27-15-17(2)3)28(16-20-7-9-22(26)10-8-20)24(29)14-21-12-18(4)11-19(5)13-21/h7-13,17,23H,6,14-16H2,1-5H3,(H,27,30). The largest absolute Gasteiger partial charge is 0.354 e. The van der Waals surface area contributed by atoms with Crippen LogP contribution in [-0.2, 0) is 22.6 Å². The van der Waals surface area contributed by atoms with Gasteiger partial charge < -0.3 is 10.2 Å². The van der Waals surface area contributed by atoms with Crippen molar-refractivity contribution in [1.82, 2.24) is 10.2 Å². The maximum atomic E-state index is 13.3. The Morgan fingerprint density at radius 3 is 2.13 bits per heavy atom. The summed E-state index contributed by atoms with van der Waals surface area (Å²) in [5.74, 6) is -0.269. The minimum atomic E-state index is -0.577. The van der Waals surface area contributed by atoms with Crippen molar-refractivity contribution in [2.75, 3.05) is 6.54 Å². The summed E-state index contributed by atoms with van der Waals surface area (Å²) in [6.07, 6.45) is 0.724. The molecule has 0 fully saturated rings. The minimum Gasteiger partial charge on any atom is -0.354 e. The third-order valence-electron chi connectivity index (χ3n) is 4.97. The third-order valence-corrected chi connectivity index (χ3v) is 4.97. The normalized spacial score (nSPS) is 12.0. The Morgan fingerprint density at radius 2 is 1.60 bits per heavy atom. The zero-order valence-corrected chi connectivity index (χ0v) is 18.7. The van der Waals surface area contributed by atoms with E-state index in [4.69, 9.17) is 0 Å². The molecule has 1 N–H and O–H groups in total. The van der Waals surface area contributed by atoms with Crippen molar-refractivity contribution < 1.29 is 14.0 Å². The summed E-state index contributed by atoms with van der Waals surface area (Å²) in [6, 6.07) is 11.6. The molecular formula is C25H33FN2O2. The Hall–Kier alpha value is -2.69. The summed E-state index contributed by atoms with van der Waals surface area (Å²) < 4.78 is 13.3. The van der Waals surface area contributed by atoms with Gasteiger partial charge in [-0.1, -0.05) is 62.2 Å². The molecular weight excluding hydrogens is 379 g/mol. The van der Waals surface area contributed by atoms with E-state index in [2.05, 4.69) is 11.4 Å². The van der Waals surface area contributed by atoms with Crippen LogP contribution in [0.25, 0.3) is 0 Å².